The van der Waals surface area contributed by atoms with Gasteiger partial charge in [0.1, 0.15) is 12.0 Å². The molecule has 0 atom stereocenters. The van der Waals surface area contributed by atoms with Crippen LogP contribution in [0.4, 0.5) is 11.5 Å². The van der Waals surface area contributed by atoms with Gasteiger partial charge >= 0.3 is 0 Å². The normalized spacial score (nSPS) is 10.9. The average Bonchev–Trinajstić information content (AvgIpc) is 2.34. The Morgan fingerprint density at radius 2 is 2.22 bits per heavy atom. The number of likely N-dealkylation sites (N-methyl/N-ethyl adjacent to an activating group) is 1. The third-order valence-corrected chi connectivity index (χ3v) is 2.80. The van der Waals surface area contributed by atoms with Crippen LogP contribution in [-0.4, -0.2) is 40.5 Å². The molecule has 0 bridgehead atoms. The minimum Gasteiger partial charge on any atom is -0.369 e. The lowest BCUT2D eigenvalue weighted by Crippen LogP contribution is -2.34. The van der Waals surface area contributed by atoms with Crippen LogP contribution >= 0.6 is 0 Å². The van der Waals surface area contributed by atoms with Crippen LogP contribution in [0.2, 0.25) is 0 Å². The molecule has 1 heterocycles. The SMILES string of the molecule is CCN(CCNc1ccc([N+](=O)[O-])cn1)C(C)C. The van der Waals surface area contributed by atoms with Crippen molar-refractivity contribution in [2.24, 2.45) is 0 Å². The zero-order chi connectivity index (χ0) is 13.5. The predicted octanol–water partition coefficient (Wildman–Crippen LogP) is 2.13. The van der Waals surface area contributed by atoms with Crippen molar-refractivity contribution in [2.75, 3.05) is 25.0 Å². The summed E-state index contributed by atoms with van der Waals surface area (Å²) in [5.41, 5.74) is 0.0120. The van der Waals surface area contributed by atoms with E-state index in [1.807, 2.05) is 0 Å². The molecule has 1 N–H and O–H groups in total. The molecule has 1 aromatic rings. The molecule has 0 saturated heterocycles. The van der Waals surface area contributed by atoms with Crippen molar-refractivity contribution in [3.05, 3.63) is 28.4 Å². The van der Waals surface area contributed by atoms with Gasteiger partial charge in [-0.2, -0.15) is 0 Å². The number of anilines is 1. The molecule has 1 rings (SSSR count). The lowest BCUT2D eigenvalue weighted by molar-refractivity contribution is -0.385. The summed E-state index contributed by atoms with van der Waals surface area (Å²) in [4.78, 5) is 16.3. The number of nitrogens with one attached hydrogen (secondary N) is 1. The molecule has 6 nitrogen and oxygen atoms in total. The van der Waals surface area contributed by atoms with Gasteiger partial charge in [-0.3, -0.25) is 15.0 Å². The van der Waals surface area contributed by atoms with Crippen molar-refractivity contribution in [1.29, 1.82) is 0 Å². The van der Waals surface area contributed by atoms with Crippen molar-refractivity contribution >= 4 is 11.5 Å². The Balaban J connectivity index is 2.42. The highest BCUT2D eigenvalue weighted by molar-refractivity contribution is 5.39. The van der Waals surface area contributed by atoms with Crippen molar-refractivity contribution in [2.45, 2.75) is 26.8 Å². The fourth-order valence-electron chi connectivity index (χ4n) is 1.71. The molecular weight excluding hydrogens is 232 g/mol. The van der Waals surface area contributed by atoms with Gasteiger partial charge in [0.25, 0.3) is 5.69 Å². The third kappa shape index (κ3) is 4.29. The van der Waals surface area contributed by atoms with Crippen molar-refractivity contribution in [3.63, 3.8) is 0 Å². The summed E-state index contributed by atoms with van der Waals surface area (Å²) >= 11 is 0. The van der Waals surface area contributed by atoms with E-state index in [4.69, 9.17) is 0 Å². The Morgan fingerprint density at radius 1 is 1.50 bits per heavy atom. The summed E-state index contributed by atoms with van der Waals surface area (Å²) in [5.74, 6) is 0.667. The summed E-state index contributed by atoms with van der Waals surface area (Å²) in [6.07, 6.45) is 1.27. The highest BCUT2D eigenvalue weighted by Crippen LogP contribution is 2.11. The van der Waals surface area contributed by atoms with Gasteiger partial charge in [0, 0.05) is 25.2 Å². The maximum absolute atomic E-state index is 10.5. The maximum atomic E-state index is 10.5. The topological polar surface area (TPSA) is 71.3 Å². The second-order valence-electron chi connectivity index (χ2n) is 4.31. The molecule has 6 heteroatoms. The molecule has 0 spiro atoms. The van der Waals surface area contributed by atoms with E-state index >= 15 is 0 Å². The zero-order valence-corrected chi connectivity index (χ0v) is 11.1. The zero-order valence-electron chi connectivity index (χ0n) is 11.1. The van der Waals surface area contributed by atoms with Gasteiger partial charge in [-0.1, -0.05) is 6.92 Å². The van der Waals surface area contributed by atoms with E-state index < -0.39 is 4.92 Å². The van der Waals surface area contributed by atoms with E-state index in [1.54, 1.807) is 6.07 Å². The molecular formula is C12H20N4O2. The first-order valence-electron chi connectivity index (χ1n) is 6.13. The maximum Gasteiger partial charge on any atom is 0.287 e. The number of nitrogens with zero attached hydrogens (tertiary/aromatic N) is 3. The van der Waals surface area contributed by atoms with E-state index in [-0.39, 0.29) is 5.69 Å². The number of hydrogen-bond acceptors (Lipinski definition) is 5. The smallest absolute Gasteiger partial charge is 0.287 e. The summed E-state index contributed by atoms with van der Waals surface area (Å²) in [7, 11) is 0. The first-order valence-corrected chi connectivity index (χ1v) is 6.13. The number of hydrogen-bond donors (Lipinski definition) is 1. The average molecular weight is 252 g/mol. The van der Waals surface area contributed by atoms with Crippen LogP contribution < -0.4 is 5.32 Å². The Kier molecular flexibility index (Phi) is 5.51. The van der Waals surface area contributed by atoms with Gasteiger partial charge in [0.15, 0.2) is 0 Å². The van der Waals surface area contributed by atoms with Gasteiger partial charge < -0.3 is 5.32 Å². The minimum atomic E-state index is -0.450. The van der Waals surface area contributed by atoms with Gasteiger partial charge in [-0.25, -0.2) is 4.98 Å². The summed E-state index contributed by atoms with van der Waals surface area (Å²) in [6, 6.07) is 3.60. The van der Waals surface area contributed by atoms with Gasteiger partial charge in [0.05, 0.1) is 4.92 Å². The molecule has 0 aliphatic rings. The second-order valence-corrected chi connectivity index (χ2v) is 4.31. The lowest BCUT2D eigenvalue weighted by Gasteiger charge is -2.24. The molecule has 0 aromatic carbocycles. The van der Waals surface area contributed by atoms with Crippen molar-refractivity contribution in [3.8, 4) is 0 Å². The van der Waals surface area contributed by atoms with Crippen molar-refractivity contribution in [1.82, 2.24) is 9.88 Å². The molecule has 0 aliphatic heterocycles. The highest BCUT2D eigenvalue weighted by atomic mass is 16.6. The first-order chi connectivity index (χ1) is 8.54. The molecule has 0 amide bonds. The molecule has 0 unspecified atom stereocenters. The van der Waals surface area contributed by atoms with Crippen molar-refractivity contribution < 1.29 is 4.92 Å². The first kappa shape index (κ1) is 14.4. The fraction of sp³-hybridized carbons (Fsp3) is 0.583. The Hall–Kier alpha value is -1.69. The van der Waals surface area contributed by atoms with Gasteiger partial charge in [-0.05, 0) is 26.5 Å². The molecule has 0 saturated carbocycles. The van der Waals surface area contributed by atoms with E-state index in [1.165, 1.54) is 12.3 Å². The van der Waals surface area contributed by atoms with E-state index in [9.17, 15) is 10.1 Å². The lowest BCUT2D eigenvalue weighted by atomic mass is 10.3. The standard InChI is InChI=1S/C12H20N4O2/c1-4-15(10(2)3)8-7-13-12-6-5-11(9-14-12)16(17)18/h5-6,9-10H,4,7-8H2,1-3H3,(H,13,14). The van der Waals surface area contributed by atoms with Crippen LogP contribution in [0.25, 0.3) is 0 Å². The predicted molar refractivity (Wildman–Crippen MR) is 71.8 cm³/mol. The minimum absolute atomic E-state index is 0.0120. The summed E-state index contributed by atoms with van der Waals surface area (Å²) in [5, 5.41) is 13.6. The van der Waals surface area contributed by atoms with Gasteiger partial charge in [0.2, 0.25) is 0 Å². The fourth-order valence-corrected chi connectivity index (χ4v) is 1.71. The molecule has 100 valence electrons. The molecule has 0 fully saturated rings. The molecule has 1 aromatic heterocycles. The Labute approximate surface area is 107 Å². The Morgan fingerprint density at radius 3 is 2.67 bits per heavy atom. The van der Waals surface area contributed by atoms with Gasteiger partial charge in [-0.15, -0.1) is 0 Å². The monoisotopic (exact) mass is 252 g/mol. The van der Waals surface area contributed by atoms with Crippen LogP contribution in [0.1, 0.15) is 20.8 Å². The van der Waals surface area contributed by atoms with Crippen LogP contribution in [0.5, 0.6) is 0 Å². The number of nitro groups is 1. The quantitative estimate of drug-likeness (QED) is 0.594. The Bertz CT molecular complexity index is 378. The van der Waals surface area contributed by atoms with E-state index in [2.05, 4.69) is 36.0 Å². The van der Waals surface area contributed by atoms with E-state index in [0.29, 0.717) is 11.9 Å². The summed E-state index contributed by atoms with van der Waals surface area (Å²) < 4.78 is 0. The number of aromatic nitrogens is 1. The number of pyridine rings is 1. The highest BCUT2D eigenvalue weighted by Gasteiger charge is 2.07. The largest absolute Gasteiger partial charge is 0.369 e. The van der Waals surface area contributed by atoms with E-state index in [0.717, 1.165) is 19.6 Å². The van der Waals surface area contributed by atoms with Crippen LogP contribution in [0, 0.1) is 10.1 Å². The summed E-state index contributed by atoms with van der Waals surface area (Å²) in [6.45, 7) is 9.15. The number of rotatable bonds is 7. The second kappa shape index (κ2) is 6.90. The third-order valence-electron chi connectivity index (χ3n) is 2.80. The molecule has 0 radical (unpaired) electrons. The van der Waals surface area contributed by atoms with Crippen LogP contribution in [-0.2, 0) is 0 Å². The molecule has 0 aliphatic carbocycles. The molecule has 18 heavy (non-hydrogen) atoms. The van der Waals surface area contributed by atoms with Crippen LogP contribution in [0.15, 0.2) is 18.3 Å². The van der Waals surface area contributed by atoms with Crippen LogP contribution in [0.3, 0.4) is 0 Å².